The normalized spacial score (nSPS) is 10.9. The number of nitrogens with two attached hydrogens (primary N) is 1. The summed E-state index contributed by atoms with van der Waals surface area (Å²) in [4.78, 5) is 10.9. The third kappa shape index (κ3) is 4.23. The number of anilines is 2. The smallest absolute Gasteiger partial charge is 0.322 e. The molecule has 1 aromatic rings. The van der Waals surface area contributed by atoms with Crippen LogP contribution in [0.15, 0.2) is 22.7 Å². The SMILES string of the molecule is COC(=O)CS(=O)(=O)Nc1ccc(N)cc1Br. The number of benzene rings is 1. The molecule has 0 aliphatic rings. The molecule has 0 heterocycles. The molecular formula is C9H11BrN2O4S. The van der Waals surface area contributed by atoms with Crippen molar-refractivity contribution in [2.24, 2.45) is 0 Å². The van der Waals surface area contributed by atoms with Crippen molar-refractivity contribution in [2.45, 2.75) is 0 Å². The topological polar surface area (TPSA) is 98.5 Å². The van der Waals surface area contributed by atoms with Crippen molar-refractivity contribution in [3.63, 3.8) is 0 Å². The number of hydrogen-bond donors (Lipinski definition) is 2. The molecule has 3 N–H and O–H groups in total. The third-order valence-electron chi connectivity index (χ3n) is 1.79. The molecule has 0 aliphatic carbocycles. The molecule has 0 radical (unpaired) electrons. The van der Waals surface area contributed by atoms with Crippen LogP contribution in [0.1, 0.15) is 0 Å². The lowest BCUT2D eigenvalue weighted by Crippen LogP contribution is -2.23. The molecule has 0 fully saturated rings. The molecule has 0 amide bonds. The predicted molar refractivity (Wildman–Crippen MR) is 68.0 cm³/mol. The van der Waals surface area contributed by atoms with E-state index in [4.69, 9.17) is 5.73 Å². The van der Waals surface area contributed by atoms with E-state index in [-0.39, 0.29) is 0 Å². The zero-order valence-corrected chi connectivity index (χ0v) is 11.3. The van der Waals surface area contributed by atoms with E-state index >= 15 is 0 Å². The summed E-state index contributed by atoms with van der Waals surface area (Å²) in [7, 11) is -2.65. The Kier molecular flexibility index (Phi) is 4.35. The molecule has 1 aromatic carbocycles. The number of hydrogen-bond acceptors (Lipinski definition) is 5. The molecule has 0 bridgehead atoms. The number of rotatable bonds is 4. The van der Waals surface area contributed by atoms with Gasteiger partial charge in [0.1, 0.15) is 0 Å². The maximum absolute atomic E-state index is 11.5. The molecule has 1 rings (SSSR count). The van der Waals surface area contributed by atoms with E-state index in [1.807, 2.05) is 0 Å². The van der Waals surface area contributed by atoms with Crippen LogP contribution in [0, 0.1) is 0 Å². The van der Waals surface area contributed by atoms with Crippen molar-refractivity contribution >= 4 is 43.3 Å². The Labute approximate surface area is 107 Å². The monoisotopic (exact) mass is 322 g/mol. The van der Waals surface area contributed by atoms with Crippen LogP contribution in [0.2, 0.25) is 0 Å². The number of sulfonamides is 1. The minimum Gasteiger partial charge on any atom is -0.468 e. The van der Waals surface area contributed by atoms with E-state index in [1.54, 1.807) is 12.1 Å². The van der Waals surface area contributed by atoms with Gasteiger partial charge in [0.2, 0.25) is 10.0 Å². The summed E-state index contributed by atoms with van der Waals surface area (Å²) in [6.45, 7) is 0. The van der Waals surface area contributed by atoms with E-state index < -0.39 is 21.7 Å². The van der Waals surface area contributed by atoms with Gasteiger partial charge < -0.3 is 10.5 Å². The summed E-state index contributed by atoms with van der Waals surface area (Å²) in [5.41, 5.74) is 6.31. The van der Waals surface area contributed by atoms with Crippen LogP contribution in [-0.4, -0.2) is 27.2 Å². The largest absolute Gasteiger partial charge is 0.468 e. The van der Waals surface area contributed by atoms with Gasteiger partial charge in [-0.05, 0) is 34.1 Å². The Bertz CT molecular complexity index is 530. The van der Waals surface area contributed by atoms with Crippen molar-refractivity contribution < 1.29 is 17.9 Å². The fraction of sp³-hybridized carbons (Fsp3) is 0.222. The minimum atomic E-state index is -3.78. The number of carbonyl (C=O) groups excluding carboxylic acids is 1. The Hall–Kier alpha value is -1.28. The Morgan fingerprint density at radius 2 is 2.18 bits per heavy atom. The molecule has 6 nitrogen and oxygen atoms in total. The summed E-state index contributed by atoms with van der Waals surface area (Å²) in [6.07, 6.45) is 0. The van der Waals surface area contributed by atoms with Crippen molar-refractivity contribution in [1.29, 1.82) is 0 Å². The zero-order valence-electron chi connectivity index (χ0n) is 8.94. The lowest BCUT2D eigenvalue weighted by atomic mass is 10.3. The highest BCUT2D eigenvalue weighted by Crippen LogP contribution is 2.25. The Balaban J connectivity index is 2.87. The van der Waals surface area contributed by atoms with Crippen LogP contribution < -0.4 is 10.5 Å². The van der Waals surface area contributed by atoms with Gasteiger partial charge in [-0.3, -0.25) is 9.52 Å². The zero-order chi connectivity index (χ0) is 13.1. The summed E-state index contributed by atoms with van der Waals surface area (Å²) < 4.78 is 30.1. The summed E-state index contributed by atoms with van der Waals surface area (Å²) >= 11 is 3.16. The number of nitrogens with one attached hydrogen (secondary N) is 1. The summed E-state index contributed by atoms with van der Waals surface area (Å²) in [5.74, 6) is -1.57. The average Bonchev–Trinajstić information content (AvgIpc) is 2.21. The second kappa shape index (κ2) is 5.37. The first-order valence-corrected chi connectivity index (χ1v) is 6.91. The van der Waals surface area contributed by atoms with Crippen molar-refractivity contribution in [3.05, 3.63) is 22.7 Å². The molecule has 8 heteroatoms. The maximum atomic E-state index is 11.5. The van der Waals surface area contributed by atoms with E-state index in [9.17, 15) is 13.2 Å². The molecule has 0 unspecified atom stereocenters. The van der Waals surface area contributed by atoms with E-state index in [2.05, 4.69) is 25.4 Å². The fourth-order valence-electron chi connectivity index (χ4n) is 1.03. The van der Waals surface area contributed by atoms with Crippen LogP contribution in [0.5, 0.6) is 0 Å². The first-order valence-electron chi connectivity index (χ1n) is 4.46. The average molecular weight is 323 g/mol. The predicted octanol–water partition coefficient (Wildman–Crippen LogP) is 0.946. The van der Waals surface area contributed by atoms with Gasteiger partial charge in [0, 0.05) is 10.2 Å². The molecule has 0 saturated heterocycles. The lowest BCUT2D eigenvalue weighted by molar-refractivity contribution is -0.137. The van der Waals surface area contributed by atoms with Crippen LogP contribution >= 0.6 is 15.9 Å². The van der Waals surface area contributed by atoms with Crippen molar-refractivity contribution in [1.82, 2.24) is 0 Å². The van der Waals surface area contributed by atoms with E-state index in [0.717, 1.165) is 7.11 Å². The molecule has 17 heavy (non-hydrogen) atoms. The Morgan fingerprint density at radius 1 is 1.53 bits per heavy atom. The van der Waals surface area contributed by atoms with Gasteiger partial charge in [-0.15, -0.1) is 0 Å². The molecule has 94 valence electrons. The first-order chi connectivity index (χ1) is 7.84. The highest BCUT2D eigenvalue weighted by atomic mass is 79.9. The highest BCUT2D eigenvalue weighted by molar-refractivity contribution is 9.10. The molecule has 0 aromatic heterocycles. The third-order valence-corrected chi connectivity index (χ3v) is 3.60. The summed E-state index contributed by atoms with van der Waals surface area (Å²) in [6, 6.07) is 4.59. The van der Waals surface area contributed by atoms with Gasteiger partial charge in [0.15, 0.2) is 5.75 Å². The van der Waals surface area contributed by atoms with Crippen LogP contribution in [0.4, 0.5) is 11.4 Å². The Morgan fingerprint density at radius 3 is 2.71 bits per heavy atom. The number of methoxy groups -OCH3 is 1. The number of nitrogen functional groups attached to an aromatic ring is 1. The molecule has 0 aliphatic heterocycles. The van der Waals surface area contributed by atoms with Gasteiger partial charge in [-0.1, -0.05) is 0 Å². The quantitative estimate of drug-likeness (QED) is 0.635. The van der Waals surface area contributed by atoms with Gasteiger partial charge in [-0.25, -0.2) is 8.42 Å². The van der Waals surface area contributed by atoms with Crippen LogP contribution in [0.3, 0.4) is 0 Å². The summed E-state index contributed by atoms with van der Waals surface area (Å²) in [5, 5.41) is 0. The highest BCUT2D eigenvalue weighted by Gasteiger charge is 2.17. The number of halogens is 1. The minimum absolute atomic E-state index is 0.308. The fourth-order valence-corrected chi connectivity index (χ4v) is 2.67. The van der Waals surface area contributed by atoms with Gasteiger partial charge >= 0.3 is 5.97 Å². The number of carbonyl (C=O) groups is 1. The van der Waals surface area contributed by atoms with Gasteiger partial charge in [0.25, 0.3) is 0 Å². The van der Waals surface area contributed by atoms with E-state index in [1.165, 1.54) is 6.07 Å². The van der Waals surface area contributed by atoms with Crippen molar-refractivity contribution in [3.8, 4) is 0 Å². The number of esters is 1. The molecular weight excluding hydrogens is 312 g/mol. The van der Waals surface area contributed by atoms with Gasteiger partial charge in [0.05, 0.1) is 12.8 Å². The van der Waals surface area contributed by atoms with Crippen LogP contribution in [0.25, 0.3) is 0 Å². The standard InChI is InChI=1S/C9H11BrN2O4S/c1-16-9(13)5-17(14,15)12-8-3-2-6(11)4-7(8)10/h2-4,12H,5,11H2,1H3. The van der Waals surface area contributed by atoms with Crippen LogP contribution in [-0.2, 0) is 19.6 Å². The second-order valence-electron chi connectivity index (χ2n) is 3.18. The lowest BCUT2D eigenvalue weighted by Gasteiger charge is -2.09. The van der Waals surface area contributed by atoms with Gasteiger partial charge in [-0.2, -0.15) is 0 Å². The molecule has 0 saturated carbocycles. The first kappa shape index (κ1) is 13.8. The number of ether oxygens (including phenoxy) is 1. The second-order valence-corrected chi connectivity index (χ2v) is 5.75. The van der Waals surface area contributed by atoms with Crippen molar-refractivity contribution in [2.75, 3.05) is 23.3 Å². The molecule has 0 atom stereocenters. The molecule has 0 spiro atoms. The van der Waals surface area contributed by atoms with E-state index in [0.29, 0.717) is 15.8 Å². The maximum Gasteiger partial charge on any atom is 0.322 e.